The molecule has 2 amide bonds. The summed E-state index contributed by atoms with van der Waals surface area (Å²) in [6, 6.07) is 23.1. The first-order chi connectivity index (χ1) is 19.7. The highest BCUT2D eigenvalue weighted by molar-refractivity contribution is 6.00. The number of aromatic nitrogens is 1. The first-order valence-electron chi connectivity index (χ1n) is 13.8. The van der Waals surface area contributed by atoms with Gasteiger partial charge in [0.25, 0.3) is 0 Å². The van der Waals surface area contributed by atoms with E-state index in [1.165, 1.54) is 6.07 Å². The standard InChI is InChI=1S/C33H35FN4O3/c1-33(2,3)26-11-6-7-13-30(26)41-31-29(12-8-17-35-31)37-32(40)36-28-15-14-22(19-27(28)34)25-10-5-4-9-23(25)20-38-18-16-24(39)21-38/h4-15,17,19,24,39H,16,18,20-21H2,1-3H3,(H2,36,37,40)/t24-/m0/s1. The Labute approximate surface area is 240 Å². The fraction of sp³-hybridized carbons (Fsp3) is 0.273. The van der Waals surface area contributed by atoms with Crippen LogP contribution in [-0.4, -0.2) is 40.2 Å². The molecule has 7 nitrogen and oxygen atoms in total. The molecule has 2 heterocycles. The number of anilines is 2. The van der Waals surface area contributed by atoms with E-state index in [0.717, 1.165) is 29.7 Å². The van der Waals surface area contributed by atoms with Crippen molar-refractivity contribution in [2.24, 2.45) is 0 Å². The topological polar surface area (TPSA) is 86.7 Å². The molecule has 1 saturated heterocycles. The monoisotopic (exact) mass is 554 g/mol. The van der Waals surface area contributed by atoms with E-state index in [4.69, 9.17) is 4.74 Å². The van der Waals surface area contributed by atoms with E-state index in [1.807, 2.05) is 48.5 Å². The quantitative estimate of drug-likeness (QED) is 0.225. The summed E-state index contributed by atoms with van der Waals surface area (Å²) in [5.74, 6) is 0.327. The highest BCUT2D eigenvalue weighted by atomic mass is 19.1. The van der Waals surface area contributed by atoms with Crippen LogP contribution in [-0.2, 0) is 12.0 Å². The molecule has 8 heteroatoms. The lowest BCUT2D eigenvalue weighted by Gasteiger charge is -2.22. The molecule has 1 fully saturated rings. The molecule has 5 rings (SSSR count). The SMILES string of the molecule is CC(C)(C)c1ccccc1Oc1ncccc1NC(=O)Nc1ccc(-c2ccccc2CN2CC[C@H](O)C2)cc1F. The van der Waals surface area contributed by atoms with Gasteiger partial charge in [-0.15, -0.1) is 0 Å². The van der Waals surface area contributed by atoms with Gasteiger partial charge in [0.15, 0.2) is 0 Å². The van der Waals surface area contributed by atoms with Crippen molar-refractivity contribution in [1.29, 1.82) is 0 Å². The zero-order valence-electron chi connectivity index (χ0n) is 23.5. The Bertz CT molecular complexity index is 1540. The van der Waals surface area contributed by atoms with Crippen LogP contribution in [0, 0.1) is 5.82 Å². The predicted octanol–water partition coefficient (Wildman–Crippen LogP) is 7.19. The highest BCUT2D eigenvalue weighted by Gasteiger charge is 2.22. The number of hydrogen-bond acceptors (Lipinski definition) is 5. The first-order valence-corrected chi connectivity index (χ1v) is 13.8. The zero-order chi connectivity index (χ0) is 29.0. The number of benzene rings is 3. The van der Waals surface area contributed by atoms with Crippen LogP contribution in [0.5, 0.6) is 11.6 Å². The number of ether oxygens (including phenoxy) is 1. The van der Waals surface area contributed by atoms with Gasteiger partial charge in [0.05, 0.1) is 11.8 Å². The van der Waals surface area contributed by atoms with E-state index in [-0.39, 0.29) is 23.1 Å². The number of halogens is 1. The lowest BCUT2D eigenvalue weighted by atomic mass is 9.86. The van der Waals surface area contributed by atoms with Gasteiger partial charge in [-0.1, -0.05) is 69.3 Å². The summed E-state index contributed by atoms with van der Waals surface area (Å²) in [6.45, 7) is 8.42. The third-order valence-corrected chi connectivity index (χ3v) is 7.11. The number of amides is 2. The fourth-order valence-electron chi connectivity index (χ4n) is 5.04. The second-order valence-electron chi connectivity index (χ2n) is 11.3. The maximum absolute atomic E-state index is 15.2. The average molecular weight is 555 g/mol. The lowest BCUT2D eigenvalue weighted by molar-refractivity contribution is 0.175. The van der Waals surface area contributed by atoms with Crippen molar-refractivity contribution in [3.63, 3.8) is 0 Å². The van der Waals surface area contributed by atoms with Crippen molar-refractivity contribution < 1.29 is 19.0 Å². The molecular weight excluding hydrogens is 519 g/mol. The molecule has 1 aromatic heterocycles. The van der Waals surface area contributed by atoms with Gasteiger partial charge in [-0.3, -0.25) is 4.90 Å². The minimum absolute atomic E-state index is 0.0517. The number of β-amino-alcohol motifs (C(OH)–C–C–N with tert-alkyl or cyclic N) is 1. The van der Waals surface area contributed by atoms with E-state index in [1.54, 1.807) is 30.5 Å². The molecule has 4 aromatic rings. The average Bonchev–Trinajstić information content (AvgIpc) is 3.35. The van der Waals surface area contributed by atoms with E-state index in [2.05, 4.69) is 41.3 Å². The van der Waals surface area contributed by atoms with Crippen molar-refractivity contribution in [3.8, 4) is 22.8 Å². The van der Waals surface area contributed by atoms with Crippen molar-refractivity contribution in [2.75, 3.05) is 23.7 Å². The molecular formula is C33H35FN4O3. The van der Waals surface area contributed by atoms with Crippen molar-refractivity contribution in [3.05, 3.63) is 102 Å². The normalized spacial score (nSPS) is 15.5. The molecule has 0 spiro atoms. The van der Waals surface area contributed by atoms with Crippen LogP contribution >= 0.6 is 0 Å². The van der Waals surface area contributed by atoms with Crippen molar-refractivity contribution >= 4 is 17.4 Å². The maximum Gasteiger partial charge on any atom is 0.323 e. The number of rotatable bonds is 7. The molecule has 0 saturated carbocycles. The van der Waals surface area contributed by atoms with Gasteiger partial charge >= 0.3 is 6.03 Å². The van der Waals surface area contributed by atoms with Crippen molar-refractivity contribution in [2.45, 2.75) is 45.3 Å². The number of likely N-dealkylation sites (tertiary alicyclic amines) is 1. The van der Waals surface area contributed by atoms with Gasteiger partial charge < -0.3 is 20.5 Å². The fourth-order valence-corrected chi connectivity index (χ4v) is 5.04. The largest absolute Gasteiger partial charge is 0.437 e. The van der Waals surface area contributed by atoms with Gasteiger partial charge in [-0.25, -0.2) is 14.2 Å². The minimum Gasteiger partial charge on any atom is -0.437 e. The summed E-state index contributed by atoms with van der Waals surface area (Å²) < 4.78 is 21.3. The number of carbonyl (C=O) groups excluding carboxylic acids is 1. The van der Waals surface area contributed by atoms with E-state index in [0.29, 0.717) is 30.1 Å². The third-order valence-electron chi connectivity index (χ3n) is 7.11. The second kappa shape index (κ2) is 12.1. The van der Waals surface area contributed by atoms with Crippen LogP contribution < -0.4 is 15.4 Å². The summed E-state index contributed by atoms with van der Waals surface area (Å²) in [4.78, 5) is 19.4. The number of nitrogens with one attached hydrogen (secondary N) is 2. The van der Waals surface area contributed by atoms with E-state index >= 15 is 4.39 Å². The summed E-state index contributed by atoms with van der Waals surface area (Å²) in [5.41, 5.74) is 3.93. The van der Waals surface area contributed by atoms with Crippen LogP contribution in [0.4, 0.5) is 20.6 Å². The molecule has 3 N–H and O–H groups in total. The Morgan fingerprint density at radius 3 is 2.54 bits per heavy atom. The van der Waals surface area contributed by atoms with Crippen LogP contribution in [0.1, 0.15) is 38.3 Å². The van der Waals surface area contributed by atoms with Crippen LogP contribution in [0.25, 0.3) is 11.1 Å². The number of hydrogen-bond donors (Lipinski definition) is 3. The van der Waals surface area contributed by atoms with Crippen LogP contribution in [0.15, 0.2) is 85.1 Å². The summed E-state index contributed by atoms with van der Waals surface area (Å²) in [5, 5.41) is 15.2. The number of para-hydroxylation sites is 1. The van der Waals surface area contributed by atoms with E-state index in [9.17, 15) is 9.90 Å². The smallest absolute Gasteiger partial charge is 0.323 e. The number of nitrogens with zero attached hydrogens (tertiary/aromatic N) is 2. The summed E-state index contributed by atoms with van der Waals surface area (Å²) in [7, 11) is 0. The number of pyridine rings is 1. The predicted molar refractivity (Wildman–Crippen MR) is 160 cm³/mol. The molecule has 1 atom stereocenters. The van der Waals surface area contributed by atoms with Crippen LogP contribution in [0.2, 0.25) is 0 Å². The Balaban J connectivity index is 1.29. The Hall–Kier alpha value is -4.27. The molecule has 3 aromatic carbocycles. The van der Waals surface area contributed by atoms with Gasteiger partial charge in [0.2, 0.25) is 5.88 Å². The number of aliphatic hydroxyl groups excluding tert-OH is 1. The Morgan fingerprint density at radius 2 is 1.78 bits per heavy atom. The van der Waals surface area contributed by atoms with Gasteiger partial charge in [0, 0.05) is 31.4 Å². The molecule has 212 valence electrons. The molecule has 0 bridgehead atoms. The van der Waals surface area contributed by atoms with Gasteiger partial charge in [-0.2, -0.15) is 0 Å². The van der Waals surface area contributed by atoms with Crippen LogP contribution in [0.3, 0.4) is 0 Å². The number of urea groups is 1. The second-order valence-corrected chi connectivity index (χ2v) is 11.3. The highest BCUT2D eigenvalue weighted by Crippen LogP contribution is 2.36. The summed E-state index contributed by atoms with van der Waals surface area (Å²) >= 11 is 0. The number of carbonyl (C=O) groups is 1. The molecule has 0 aliphatic carbocycles. The molecule has 1 aliphatic rings. The molecule has 1 aliphatic heterocycles. The third kappa shape index (κ3) is 6.90. The Kier molecular flexibility index (Phi) is 8.33. The number of aliphatic hydroxyl groups is 1. The minimum atomic E-state index is -0.619. The molecule has 0 unspecified atom stereocenters. The Morgan fingerprint density at radius 1 is 1.02 bits per heavy atom. The van der Waals surface area contributed by atoms with E-state index < -0.39 is 11.8 Å². The zero-order valence-corrected chi connectivity index (χ0v) is 23.5. The van der Waals surface area contributed by atoms with Crippen molar-refractivity contribution in [1.82, 2.24) is 9.88 Å². The van der Waals surface area contributed by atoms with Gasteiger partial charge in [0.1, 0.15) is 17.3 Å². The lowest BCUT2D eigenvalue weighted by Crippen LogP contribution is -2.22. The molecule has 0 radical (unpaired) electrons. The van der Waals surface area contributed by atoms with Gasteiger partial charge in [-0.05, 0) is 58.9 Å². The molecule has 41 heavy (non-hydrogen) atoms. The first kappa shape index (κ1) is 28.3. The maximum atomic E-state index is 15.2. The summed E-state index contributed by atoms with van der Waals surface area (Å²) in [6.07, 6.45) is 2.04.